The van der Waals surface area contributed by atoms with Gasteiger partial charge in [0.15, 0.2) is 0 Å². The Balaban J connectivity index is 0.00000162. The standard InChI is InChI=1S/C14H20N2O.ClH/c1-3-11-6-7-16(9-11)14(17)13-8-12(15)5-4-10(13)2;/h4-5,8,11H,3,6-7,9,15H2,1-2H3;1H. The number of likely N-dealkylation sites (tertiary alicyclic amines) is 1. The summed E-state index contributed by atoms with van der Waals surface area (Å²) in [6.07, 6.45) is 2.28. The van der Waals surface area contributed by atoms with Crippen LogP contribution in [-0.2, 0) is 0 Å². The first-order valence-electron chi connectivity index (χ1n) is 6.27. The molecule has 4 heteroatoms. The molecule has 1 aliphatic rings. The lowest BCUT2D eigenvalue weighted by Crippen LogP contribution is -2.29. The zero-order chi connectivity index (χ0) is 12.4. The molecular formula is C14H21ClN2O. The fraction of sp³-hybridized carbons (Fsp3) is 0.500. The lowest BCUT2D eigenvalue weighted by atomic mass is 10.1. The molecule has 1 aliphatic heterocycles. The minimum absolute atomic E-state index is 0. The minimum Gasteiger partial charge on any atom is -0.399 e. The molecule has 0 spiro atoms. The number of nitrogen functional groups attached to an aromatic ring is 1. The second-order valence-corrected chi connectivity index (χ2v) is 4.89. The van der Waals surface area contributed by atoms with Crippen molar-refractivity contribution in [1.82, 2.24) is 4.90 Å². The van der Waals surface area contributed by atoms with E-state index < -0.39 is 0 Å². The Morgan fingerprint density at radius 2 is 2.22 bits per heavy atom. The van der Waals surface area contributed by atoms with Crippen molar-refractivity contribution in [1.29, 1.82) is 0 Å². The molecule has 1 aromatic carbocycles. The van der Waals surface area contributed by atoms with Crippen LogP contribution in [0.4, 0.5) is 5.69 Å². The molecule has 0 aromatic heterocycles. The van der Waals surface area contributed by atoms with Gasteiger partial charge in [-0.1, -0.05) is 19.4 Å². The SMILES string of the molecule is CCC1CCN(C(=O)c2cc(N)ccc2C)C1.Cl. The topological polar surface area (TPSA) is 46.3 Å². The molecule has 2 rings (SSSR count). The van der Waals surface area contributed by atoms with Gasteiger partial charge in [0.25, 0.3) is 5.91 Å². The summed E-state index contributed by atoms with van der Waals surface area (Å²) < 4.78 is 0. The van der Waals surface area contributed by atoms with Crippen LogP contribution < -0.4 is 5.73 Å². The summed E-state index contributed by atoms with van der Waals surface area (Å²) in [5.74, 6) is 0.797. The number of rotatable bonds is 2. The molecule has 2 N–H and O–H groups in total. The molecule has 1 fully saturated rings. The average molecular weight is 269 g/mol. The first-order valence-corrected chi connectivity index (χ1v) is 6.27. The summed E-state index contributed by atoms with van der Waals surface area (Å²) >= 11 is 0. The Hall–Kier alpha value is -1.22. The van der Waals surface area contributed by atoms with Crippen LogP contribution in [0.3, 0.4) is 0 Å². The van der Waals surface area contributed by atoms with Gasteiger partial charge in [0.1, 0.15) is 0 Å². The van der Waals surface area contributed by atoms with Gasteiger partial charge in [-0.15, -0.1) is 12.4 Å². The predicted molar refractivity (Wildman–Crippen MR) is 77.1 cm³/mol. The lowest BCUT2D eigenvalue weighted by Gasteiger charge is -2.18. The number of nitrogens with zero attached hydrogens (tertiary/aromatic N) is 1. The van der Waals surface area contributed by atoms with Crippen LogP contribution in [0.2, 0.25) is 0 Å². The summed E-state index contributed by atoms with van der Waals surface area (Å²) in [6.45, 7) is 5.92. The molecule has 0 bridgehead atoms. The second kappa shape index (κ2) is 6.10. The van der Waals surface area contributed by atoms with Gasteiger partial charge in [0.2, 0.25) is 0 Å². The molecule has 3 nitrogen and oxygen atoms in total. The average Bonchev–Trinajstić information content (AvgIpc) is 2.80. The molecule has 0 saturated carbocycles. The zero-order valence-electron chi connectivity index (χ0n) is 11.0. The molecule has 1 atom stereocenters. The number of halogens is 1. The van der Waals surface area contributed by atoms with Crippen molar-refractivity contribution in [2.75, 3.05) is 18.8 Å². The van der Waals surface area contributed by atoms with Crippen molar-refractivity contribution in [3.05, 3.63) is 29.3 Å². The maximum atomic E-state index is 12.4. The Kier molecular flexibility index (Phi) is 5.03. The number of hydrogen-bond donors (Lipinski definition) is 1. The predicted octanol–water partition coefficient (Wildman–Crippen LogP) is 2.87. The van der Waals surface area contributed by atoms with Crippen molar-refractivity contribution in [2.45, 2.75) is 26.7 Å². The number of carbonyl (C=O) groups excluding carboxylic acids is 1. The second-order valence-electron chi connectivity index (χ2n) is 4.89. The monoisotopic (exact) mass is 268 g/mol. The molecule has 100 valence electrons. The van der Waals surface area contributed by atoms with Crippen molar-refractivity contribution < 1.29 is 4.79 Å². The van der Waals surface area contributed by atoms with E-state index in [2.05, 4.69) is 6.92 Å². The zero-order valence-corrected chi connectivity index (χ0v) is 11.8. The van der Waals surface area contributed by atoms with E-state index in [0.717, 1.165) is 37.1 Å². The van der Waals surface area contributed by atoms with E-state index in [-0.39, 0.29) is 18.3 Å². The van der Waals surface area contributed by atoms with Crippen molar-refractivity contribution in [3.8, 4) is 0 Å². The van der Waals surface area contributed by atoms with Crippen LogP contribution in [0, 0.1) is 12.8 Å². The van der Waals surface area contributed by atoms with Crippen LogP contribution in [-0.4, -0.2) is 23.9 Å². The minimum atomic E-state index is 0. The molecule has 1 unspecified atom stereocenters. The van der Waals surface area contributed by atoms with Gasteiger partial charge in [-0.3, -0.25) is 4.79 Å². The van der Waals surface area contributed by atoms with Gasteiger partial charge in [-0.25, -0.2) is 0 Å². The lowest BCUT2D eigenvalue weighted by molar-refractivity contribution is 0.0786. The molecule has 1 heterocycles. The highest BCUT2D eigenvalue weighted by atomic mass is 35.5. The van der Waals surface area contributed by atoms with E-state index in [4.69, 9.17) is 5.73 Å². The summed E-state index contributed by atoms with van der Waals surface area (Å²) in [4.78, 5) is 14.3. The van der Waals surface area contributed by atoms with Crippen LogP contribution in [0.1, 0.15) is 35.7 Å². The third-order valence-electron chi connectivity index (χ3n) is 3.64. The molecule has 1 saturated heterocycles. The van der Waals surface area contributed by atoms with Crippen molar-refractivity contribution in [3.63, 3.8) is 0 Å². The van der Waals surface area contributed by atoms with Crippen LogP contribution in [0.15, 0.2) is 18.2 Å². The normalized spacial score (nSPS) is 18.6. The number of benzene rings is 1. The third-order valence-corrected chi connectivity index (χ3v) is 3.64. The summed E-state index contributed by atoms with van der Waals surface area (Å²) in [6, 6.07) is 5.54. The number of nitrogens with two attached hydrogens (primary N) is 1. The van der Waals surface area contributed by atoms with Gasteiger partial charge in [0.05, 0.1) is 0 Å². The molecule has 18 heavy (non-hydrogen) atoms. The maximum absolute atomic E-state index is 12.4. The highest BCUT2D eigenvalue weighted by Crippen LogP contribution is 2.23. The van der Waals surface area contributed by atoms with E-state index in [9.17, 15) is 4.79 Å². The van der Waals surface area contributed by atoms with Gasteiger partial charge < -0.3 is 10.6 Å². The van der Waals surface area contributed by atoms with Gasteiger partial charge in [0, 0.05) is 24.3 Å². The summed E-state index contributed by atoms with van der Waals surface area (Å²) in [5.41, 5.74) is 8.16. The fourth-order valence-corrected chi connectivity index (χ4v) is 2.39. The molecular weight excluding hydrogens is 248 g/mol. The smallest absolute Gasteiger partial charge is 0.254 e. The first kappa shape index (κ1) is 14.8. The number of aryl methyl sites for hydroxylation is 1. The highest BCUT2D eigenvalue weighted by molar-refractivity contribution is 5.96. The van der Waals surface area contributed by atoms with E-state index in [1.54, 1.807) is 6.07 Å². The number of amides is 1. The number of anilines is 1. The van der Waals surface area contributed by atoms with Gasteiger partial charge in [-0.05, 0) is 37.0 Å². The fourth-order valence-electron chi connectivity index (χ4n) is 2.39. The molecule has 0 aliphatic carbocycles. The largest absolute Gasteiger partial charge is 0.399 e. The highest BCUT2D eigenvalue weighted by Gasteiger charge is 2.26. The summed E-state index contributed by atoms with van der Waals surface area (Å²) in [5, 5.41) is 0. The first-order chi connectivity index (χ1) is 8.11. The van der Waals surface area contributed by atoms with Crippen LogP contribution in [0.25, 0.3) is 0 Å². The quantitative estimate of drug-likeness (QED) is 0.839. The molecule has 1 aromatic rings. The number of carbonyl (C=O) groups is 1. The third kappa shape index (κ3) is 2.96. The van der Waals surface area contributed by atoms with Crippen molar-refractivity contribution in [2.24, 2.45) is 5.92 Å². The Bertz CT molecular complexity index is 434. The molecule has 0 radical (unpaired) electrons. The van der Waals surface area contributed by atoms with E-state index in [1.807, 2.05) is 24.0 Å². The van der Waals surface area contributed by atoms with Gasteiger partial charge in [-0.2, -0.15) is 0 Å². The van der Waals surface area contributed by atoms with E-state index >= 15 is 0 Å². The maximum Gasteiger partial charge on any atom is 0.254 e. The number of hydrogen-bond acceptors (Lipinski definition) is 2. The van der Waals surface area contributed by atoms with E-state index in [0.29, 0.717) is 11.6 Å². The van der Waals surface area contributed by atoms with Crippen LogP contribution in [0.5, 0.6) is 0 Å². The van der Waals surface area contributed by atoms with Crippen LogP contribution >= 0.6 is 12.4 Å². The Labute approximate surface area is 115 Å². The molecule has 1 amide bonds. The van der Waals surface area contributed by atoms with Gasteiger partial charge >= 0.3 is 0 Å². The Morgan fingerprint density at radius 3 is 2.83 bits per heavy atom. The van der Waals surface area contributed by atoms with Crippen molar-refractivity contribution >= 4 is 24.0 Å². The Morgan fingerprint density at radius 1 is 1.50 bits per heavy atom. The summed E-state index contributed by atoms with van der Waals surface area (Å²) in [7, 11) is 0. The van der Waals surface area contributed by atoms with E-state index in [1.165, 1.54) is 0 Å².